The van der Waals surface area contributed by atoms with Gasteiger partial charge in [0.25, 0.3) is 0 Å². The summed E-state index contributed by atoms with van der Waals surface area (Å²) in [6, 6.07) is 0. The second kappa shape index (κ2) is 19.5. The lowest BCUT2D eigenvalue weighted by molar-refractivity contribution is -0.139. The van der Waals surface area contributed by atoms with E-state index in [-0.39, 0.29) is 5.97 Å². The van der Waals surface area contributed by atoms with Gasteiger partial charge in [-0.2, -0.15) is 0 Å². The fourth-order valence-corrected chi connectivity index (χ4v) is 4.17. The first-order valence-electron chi connectivity index (χ1n) is 12.7. The molecule has 1 aliphatic rings. The van der Waals surface area contributed by atoms with Crippen molar-refractivity contribution in [3.05, 3.63) is 12.2 Å². The van der Waals surface area contributed by atoms with Crippen LogP contribution in [0.4, 0.5) is 0 Å². The highest BCUT2D eigenvalue weighted by molar-refractivity contribution is 5.82. The third kappa shape index (κ3) is 16.2. The normalized spacial score (nSPS) is 16.5. The standard InChI is InChI=1S/C26H48O2/c1-2-3-4-5-6-7-8-9-10-11-12-13-14-15-16-17-18-19-20-21-25-22-23-26(27)28-24-25/h22-23,25H,2-21,24H2,1H3/t25-/m1/s1. The minimum atomic E-state index is -0.176. The Morgan fingerprint density at radius 2 is 1.07 bits per heavy atom. The van der Waals surface area contributed by atoms with Crippen LogP contribution in [0.3, 0.4) is 0 Å². The van der Waals surface area contributed by atoms with Gasteiger partial charge in [0.15, 0.2) is 0 Å². The quantitative estimate of drug-likeness (QED) is 0.153. The molecule has 0 aliphatic carbocycles. The van der Waals surface area contributed by atoms with E-state index in [0.29, 0.717) is 12.5 Å². The average Bonchev–Trinajstić information content (AvgIpc) is 2.71. The Morgan fingerprint density at radius 1 is 0.679 bits per heavy atom. The zero-order chi connectivity index (χ0) is 20.1. The van der Waals surface area contributed by atoms with E-state index in [0.717, 1.165) is 0 Å². The Kier molecular flexibility index (Phi) is 17.6. The molecule has 0 bridgehead atoms. The molecule has 0 spiro atoms. The molecule has 0 amide bonds. The molecular formula is C26H48O2. The molecule has 164 valence electrons. The monoisotopic (exact) mass is 392 g/mol. The maximum atomic E-state index is 10.9. The van der Waals surface area contributed by atoms with E-state index in [4.69, 9.17) is 4.74 Å². The molecule has 2 nitrogen and oxygen atoms in total. The first kappa shape index (κ1) is 25.2. The predicted octanol–water partition coefficient (Wildman–Crippen LogP) is 8.54. The van der Waals surface area contributed by atoms with Crippen LogP contribution in [-0.4, -0.2) is 12.6 Å². The summed E-state index contributed by atoms with van der Waals surface area (Å²) in [4.78, 5) is 10.9. The molecule has 1 atom stereocenters. The molecule has 2 heteroatoms. The van der Waals surface area contributed by atoms with E-state index in [9.17, 15) is 4.79 Å². The zero-order valence-electron chi connectivity index (χ0n) is 18.9. The number of carbonyl (C=O) groups excluding carboxylic acids is 1. The summed E-state index contributed by atoms with van der Waals surface area (Å²) in [6.45, 7) is 2.88. The van der Waals surface area contributed by atoms with Crippen LogP contribution in [0.25, 0.3) is 0 Å². The maximum Gasteiger partial charge on any atom is 0.330 e. The number of hydrogen-bond acceptors (Lipinski definition) is 2. The van der Waals surface area contributed by atoms with Crippen molar-refractivity contribution in [2.45, 2.75) is 135 Å². The number of hydrogen-bond donors (Lipinski definition) is 0. The van der Waals surface area contributed by atoms with Gasteiger partial charge in [0, 0.05) is 12.0 Å². The van der Waals surface area contributed by atoms with E-state index in [1.54, 1.807) is 6.08 Å². The van der Waals surface area contributed by atoms with Crippen molar-refractivity contribution in [2.75, 3.05) is 6.61 Å². The lowest BCUT2D eigenvalue weighted by Crippen LogP contribution is -2.16. The molecule has 1 rings (SSSR count). The Bertz CT molecular complexity index is 375. The van der Waals surface area contributed by atoms with Crippen LogP contribution in [0.2, 0.25) is 0 Å². The van der Waals surface area contributed by atoms with Crippen LogP contribution in [0.15, 0.2) is 12.2 Å². The molecule has 0 aromatic heterocycles. The molecule has 0 fully saturated rings. The maximum absolute atomic E-state index is 10.9. The highest BCUT2D eigenvalue weighted by atomic mass is 16.5. The third-order valence-corrected chi connectivity index (χ3v) is 6.12. The molecule has 0 N–H and O–H groups in total. The summed E-state index contributed by atoms with van der Waals surface area (Å²) < 4.78 is 5.06. The van der Waals surface area contributed by atoms with Crippen LogP contribution >= 0.6 is 0 Å². The summed E-state index contributed by atoms with van der Waals surface area (Å²) in [5.74, 6) is 0.285. The smallest absolute Gasteiger partial charge is 0.330 e. The Labute approximate surface area is 175 Å². The van der Waals surface area contributed by atoms with Crippen molar-refractivity contribution in [3.8, 4) is 0 Å². The van der Waals surface area contributed by atoms with E-state index < -0.39 is 0 Å². The van der Waals surface area contributed by atoms with Gasteiger partial charge in [-0.15, -0.1) is 0 Å². The van der Waals surface area contributed by atoms with Crippen molar-refractivity contribution in [3.63, 3.8) is 0 Å². The van der Waals surface area contributed by atoms with Crippen LogP contribution in [0.5, 0.6) is 0 Å². The largest absolute Gasteiger partial charge is 0.462 e. The average molecular weight is 393 g/mol. The molecule has 0 aromatic carbocycles. The van der Waals surface area contributed by atoms with Gasteiger partial charge in [-0.3, -0.25) is 0 Å². The van der Waals surface area contributed by atoms with Gasteiger partial charge in [-0.1, -0.05) is 135 Å². The van der Waals surface area contributed by atoms with Gasteiger partial charge in [-0.25, -0.2) is 4.79 Å². The second-order valence-electron chi connectivity index (χ2n) is 8.90. The molecule has 1 aliphatic heterocycles. The highest BCUT2D eigenvalue weighted by Gasteiger charge is 2.12. The first-order valence-corrected chi connectivity index (χ1v) is 12.7. The van der Waals surface area contributed by atoms with Gasteiger partial charge >= 0.3 is 5.97 Å². The molecule has 28 heavy (non-hydrogen) atoms. The molecule has 0 aromatic rings. The molecule has 0 unspecified atom stereocenters. The fraction of sp³-hybridized carbons (Fsp3) is 0.885. The molecular weight excluding hydrogens is 344 g/mol. The van der Waals surface area contributed by atoms with Crippen molar-refractivity contribution >= 4 is 5.97 Å². The van der Waals surface area contributed by atoms with Gasteiger partial charge in [-0.05, 0) is 6.42 Å². The summed E-state index contributed by atoms with van der Waals surface area (Å²) >= 11 is 0. The fourth-order valence-electron chi connectivity index (χ4n) is 4.17. The Balaban J connectivity index is 1.68. The highest BCUT2D eigenvalue weighted by Crippen LogP contribution is 2.18. The topological polar surface area (TPSA) is 26.3 Å². The lowest BCUT2D eigenvalue weighted by Gasteiger charge is -2.16. The number of unbranched alkanes of at least 4 members (excludes halogenated alkanes) is 18. The summed E-state index contributed by atoms with van der Waals surface area (Å²) in [5.41, 5.74) is 0. The molecule has 0 saturated carbocycles. The molecule has 0 radical (unpaired) electrons. The molecule has 0 saturated heterocycles. The Morgan fingerprint density at radius 3 is 1.43 bits per heavy atom. The summed E-state index contributed by atoms with van der Waals surface area (Å²) in [6.07, 6.45) is 31.8. The van der Waals surface area contributed by atoms with E-state index in [1.165, 1.54) is 128 Å². The number of cyclic esters (lactones) is 1. The van der Waals surface area contributed by atoms with Crippen LogP contribution in [-0.2, 0) is 9.53 Å². The van der Waals surface area contributed by atoms with Crippen LogP contribution in [0, 0.1) is 5.92 Å². The Hall–Kier alpha value is -0.790. The minimum absolute atomic E-state index is 0.176. The third-order valence-electron chi connectivity index (χ3n) is 6.12. The number of carbonyl (C=O) groups is 1. The van der Waals surface area contributed by atoms with E-state index in [2.05, 4.69) is 6.92 Å². The lowest BCUT2D eigenvalue weighted by atomic mass is 9.99. The van der Waals surface area contributed by atoms with Gasteiger partial charge in [0.2, 0.25) is 0 Å². The van der Waals surface area contributed by atoms with E-state index in [1.807, 2.05) is 6.08 Å². The zero-order valence-corrected chi connectivity index (χ0v) is 18.9. The first-order chi connectivity index (χ1) is 13.8. The van der Waals surface area contributed by atoms with Gasteiger partial charge in [0.05, 0.1) is 6.61 Å². The van der Waals surface area contributed by atoms with Crippen LogP contribution < -0.4 is 0 Å². The summed E-state index contributed by atoms with van der Waals surface area (Å²) in [5, 5.41) is 0. The SMILES string of the molecule is CCCCCCCCCCCCCCCCCCCCC[C@@H]1C=CC(=O)OC1. The molecule has 1 heterocycles. The minimum Gasteiger partial charge on any atom is -0.462 e. The van der Waals surface area contributed by atoms with Crippen molar-refractivity contribution in [1.29, 1.82) is 0 Å². The van der Waals surface area contributed by atoms with Crippen molar-refractivity contribution in [1.82, 2.24) is 0 Å². The van der Waals surface area contributed by atoms with Gasteiger partial charge < -0.3 is 4.74 Å². The number of esters is 1. The second-order valence-corrected chi connectivity index (χ2v) is 8.90. The predicted molar refractivity (Wildman–Crippen MR) is 122 cm³/mol. The van der Waals surface area contributed by atoms with Crippen molar-refractivity contribution < 1.29 is 9.53 Å². The number of ether oxygens (including phenoxy) is 1. The summed E-state index contributed by atoms with van der Waals surface area (Å²) in [7, 11) is 0. The number of rotatable bonds is 20. The van der Waals surface area contributed by atoms with Gasteiger partial charge in [0.1, 0.15) is 0 Å². The van der Waals surface area contributed by atoms with E-state index >= 15 is 0 Å². The van der Waals surface area contributed by atoms with Crippen LogP contribution in [0.1, 0.15) is 135 Å². The van der Waals surface area contributed by atoms with Crippen molar-refractivity contribution in [2.24, 2.45) is 5.92 Å².